The van der Waals surface area contributed by atoms with Crippen molar-refractivity contribution in [1.82, 2.24) is 4.98 Å². The van der Waals surface area contributed by atoms with Gasteiger partial charge in [-0.25, -0.2) is 4.98 Å². The van der Waals surface area contributed by atoms with Crippen molar-refractivity contribution in [2.75, 3.05) is 32.2 Å². The van der Waals surface area contributed by atoms with Crippen LogP contribution >= 0.6 is 0 Å². The number of rotatable bonds is 9. The van der Waals surface area contributed by atoms with Crippen molar-refractivity contribution in [2.45, 2.75) is 39.2 Å². The van der Waals surface area contributed by atoms with Crippen molar-refractivity contribution in [1.29, 1.82) is 0 Å². The molecule has 0 radical (unpaired) electrons. The van der Waals surface area contributed by atoms with Gasteiger partial charge in [-0.05, 0) is 45.6 Å². The zero-order chi connectivity index (χ0) is 16.9. The Hall–Kier alpha value is -1.66. The molecule has 23 heavy (non-hydrogen) atoms. The largest absolute Gasteiger partial charge is 0.475 e. The van der Waals surface area contributed by atoms with E-state index >= 15 is 0 Å². The van der Waals surface area contributed by atoms with Crippen LogP contribution in [0.2, 0.25) is 0 Å². The van der Waals surface area contributed by atoms with Crippen molar-refractivity contribution < 1.29 is 19.0 Å². The third-order valence-electron chi connectivity index (χ3n) is 4.07. The predicted octanol–water partition coefficient (Wildman–Crippen LogP) is 2.56. The van der Waals surface area contributed by atoms with E-state index < -0.39 is 5.60 Å². The Labute approximate surface area is 137 Å². The number of nitrogens with zero attached hydrogens (tertiary/aromatic N) is 1. The van der Waals surface area contributed by atoms with E-state index in [0.717, 1.165) is 18.4 Å². The molecule has 0 bridgehead atoms. The molecule has 0 spiro atoms. The van der Waals surface area contributed by atoms with Gasteiger partial charge in [-0.3, -0.25) is 4.79 Å². The second-order valence-corrected chi connectivity index (χ2v) is 5.96. The molecule has 6 nitrogen and oxygen atoms in total. The zero-order valence-electron chi connectivity index (χ0n) is 14.3. The molecule has 1 aromatic heterocycles. The van der Waals surface area contributed by atoms with E-state index in [9.17, 15) is 4.79 Å². The van der Waals surface area contributed by atoms with Crippen LogP contribution in [-0.2, 0) is 14.3 Å². The van der Waals surface area contributed by atoms with E-state index in [-0.39, 0.29) is 5.91 Å². The van der Waals surface area contributed by atoms with Crippen molar-refractivity contribution in [2.24, 2.45) is 5.92 Å². The number of aromatic nitrogens is 1. The Morgan fingerprint density at radius 2 is 2.17 bits per heavy atom. The van der Waals surface area contributed by atoms with Crippen LogP contribution in [-0.4, -0.2) is 43.4 Å². The molecule has 1 aromatic rings. The lowest BCUT2D eigenvalue weighted by atomic mass is 9.99. The van der Waals surface area contributed by atoms with Crippen LogP contribution in [0.15, 0.2) is 12.3 Å². The molecule has 1 fully saturated rings. The minimum absolute atomic E-state index is 0.115. The summed E-state index contributed by atoms with van der Waals surface area (Å²) < 4.78 is 16.2. The number of hydrogen-bond acceptors (Lipinski definition) is 5. The fourth-order valence-corrected chi connectivity index (χ4v) is 2.56. The maximum absolute atomic E-state index is 12.6. The monoisotopic (exact) mass is 322 g/mol. The lowest BCUT2D eigenvalue weighted by molar-refractivity contribution is -0.141. The van der Waals surface area contributed by atoms with E-state index in [1.54, 1.807) is 13.3 Å². The Morgan fingerprint density at radius 1 is 1.43 bits per heavy atom. The summed E-state index contributed by atoms with van der Waals surface area (Å²) in [5, 5.41) is 2.92. The summed E-state index contributed by atoms with van der Waals surface area (Å²) in [4.78, 5) is 16.9. The van der Waals surface area contributed by atoms with Crippen LogP contribution in [0.5, 0.6) is 5.88 Å². The molecule has 6 heteroatoms. The molecular formula is C17H26N2O4. The summed E-state index contributed by atoms with van der Waals surface area (Å²) in [6.45, 7) is 7.14. The van der Waals surface area contributed by atoms with Gasteiger partial charge in [0.15, 0.2) is 0 Å². The number of hydrogen-bond donors (Lipinski definition) is 1. The van der Waals surface area contributed by atoms with Crippen LogP contribution in [0, 0.1) is 12.8 Å². The lowest BCUT2D eigenvalue weighted by Crippen LogP contribution is -2.44. The maximum atomic E-state index is 12.6. The first-order chi connectivity index (χ1) is 11.0. The Bertz CT molecular complexity index is 545. The van der Waals surface area contributed by atoms with Gasteiger partial charge in [-0.1, -0.05) is 0 Å². The van der Waals surface area contributed by atoms with Crippen molar-refractivity contribution in [3.05, 3.63) is 17.8 Å². The number of ether oxygens (including phenoxy) is 3. The fourth-order valence-electron chi connectivity index (χ4n) is 2.56. The Morgan fingerprint density at radius 3 is 2.74 bits per heavy atom. The summed E-state index contributed by atoms with van der Waals surface area (Å²) in [6, 6.07) is 1.85. The fraction of sp³-hybridized carbons (Fsp3) is 0.647. The van der Waals surface area contributed by atoms with Crippen LogP contribution < -0.4 is 10.1 Å². The molecule has 1 amide bonds. The van der Waals surface area contributed by atoms with E-state index in [4.69, 9.17) is 14.2 Å². The molecule has 1 aliphatic rings. The summed E-state index contributed by atoms with van der Waals surface area (Å²) in [5.41, 5.74) is 0.748. The number of nitrogens with one attached hydrogen (secondary N) is 1. The minimum atomic E-state index is -0.768. The molecule has 0 aromatic carbocycles. The molecule has 0 aliphatic heterocycles. The molecule has 2 rings (SSSR count). The molecule has 1 aliphatic carbocycles. The molecule has 0 saturated heterocycles. The maximum Gasteiger partial charge on any atom is 0.256 e. The zero-order valence-corrected chi connectivity index (χ0v) is 14.3. The lowest BCUT2D eigenvalue weighted by Gasteiger charge is -2.28. The number of pyridine rings is 1. The number of carbonyl (C=O) groups is 1. The third-order valence-corrected chi connectivity index (χ3v) is 4.07. The van der Waals surface area contributed by atoms with Gasteiger partial charge in [0, 0.05) is 19.3 Å². The van der Waals surface area contributed by atoms with Crippen LogP contribution in [0.25, 0.3) is 0 Å². The quantitative estimate of drug-likeness (QED) is 0.708. The van der Waals surface area contributed by atoms with Gasteiger partial charge in [-0.15, -0.1) is 0 Å². The summed E-state index contributed by atoms with van der Waals surface area (Å²) >= 11 is 0. The highest BCUT2D eigenvalue weighted by molar-refractivity contribution is 5.97. The topological polar surface area (TPSA) is 69.7 Å². The predicted molar refractivity (Wildman–Crippen MR) is 87.7 cm³/mol. The number of amides is 1. The van der Waals surface area contributed by atoms with E-state index in [1.807, 2.05) is 26.8 Å². The van der Waals surface area contributed by atoms with Gasteiger partial charge in [-0.2, -0.15) is 0 Å². The van der Waals surface area contributed by atoms with Gasteiger partial charge >= 0.3 is 0 Å². The first kappa shape index (κ1) is 17.7. The first-order valence-electron chi connectivity index (χ1n) is 8.05. The van der Waals surface area contributed by atoms with Gasteiger partial charge < -0.3 is 19.5 Å². The van der Waals surface area contributed by atoms with Gasteiger partial charge in [0.2, 0.25) is 5.88 Å². The molecule has 1 N–H and O–H groups in total. The molecule has 1 atom stereocenters. The normalized spacial score (nSPS) is 16.7. The van der Waals surface area contributed by atoms with E-state index in [0.29, 0.717) is 37.3 Å². The summed E-state index contributed by atoms with van der Waals surface area (Å²) in [5.74, 6) is 0.735. The summed E-state index contributed by atoms with van der Waals surface area (Å²) in [7, 11) is 1.62. The van der Waals surface area contributed by atoms with E-state index in [2.05, 4.69) is 10.3 Å². The second kappa shape index (κ2) is 7.75. The van der Waals surface area contributed by atoms with Gasteiger partial charge in [0.1, 0.15) is 12.2 Å². The number of anilines is 1. The molecule has 1 heterocycles. The SMILES string of the molecule is CCO[C@@](C)(C(=O)Nc1cnc(OCCOC)c(C)c1)C1CC1. The Balaban J connectivity index is 2.01. The number of carbonyl (C=O) groups excluding carboxylic acids is 1. The van der Waals surface area contributed by atoms with Crippen molar-refractivity contribution in [3.8, 4) is 5.88 Å². The highest BCUT2D eigenvalue weighted by Gasteiger charge is 2.48. The van der Waals surface area contributed by atoms with Gasteiger partial charge in [0.25, 0.3) is 5.91 Å². The Kier molecular flexibility index (Phi) is 5.96. The smallest absolute Gasteiger partial charge is 0.256 e. The highest BCUT2D eigenvalue weighted by atomic mass is 16.5. The van der Waals surface area contributed by atoms with Crippen LogP contribution in [0.3, 0.4) is 0 Å². The molecule has 1 saturated carbocycles. The molecule has 128 valence electrons. The first-order valence-corrected chi connectivity index (χ1v) is 8.05. The average Bonchev–Trinajstić information content (AvgIpc) is 3.35. The number of methoxy groups -OCH3 is 1. The van der Waals surface area contributed by atoms with Crippen LogP contribution in [0.4, 0.5) is 5.69 Å². The standard InChI is InChI=1S/C17H26N2O4/c1-5-23-17(3,13-6-7-13)16(20)19-14-10-12(2)15(18-11-14)22-9-8-21-4/h10-11,13H,5-9H2,1-4H3,(H,19,20)/t17-/m1/s1. The second-order valence-electron chi connectivity index (χ2n) is 5.96. The molecular weight excluding hydrogens is 296 g/mol. The molecule has 0 unspecified atom stereocenters. The summed E-state index contributed by atoms with van der Waals surface area (Å²) in [6.07, 6.45) is 3.67. The third kappa shape index (κ3) is 4.42. The highest BCUT2D eigenvalue weighted by Crippen LogP contribution is 2.42. The van der Waals surface area contributed by atoms with Gasteiger partial charge in [0.05, 0.1) is 18.5 Å². The van der Waals surface area contributed by atoms with Crippen molar-refractivity contribution in [3.63, 3.8) is 0 Å². The van der Waals surface area contributed by atoms with Crippen LogP contribution in [0.1, 0.15) is 32.3 Å². The average molecular weight is 322 g/mol. The minimum Gasteiger partial charge on any atom is -0.475 e. The van der Waals surface area contributed by atoms with Crippen molar-refractivity contribution >= 4 is 11.6 Å². The number of aryl methyl sites for hydroxylation is 1. The van der Waals surface area contributed by atoms with E-state index in [1.165, 1.54) is 0 Å².